The molecule has 0 aliphatic carbocycles. The van der Waals surface area contributed by atoms with Crippen LogP contribution in [0.25, 0.3) is 0 Å². The molecule has 0 aromatic heterocycles. The zero-order valence-electron chi connectivity index (χ0n) is 13.5. The average molecular weight is 364 g/mol. The number of alkyl halides is 1. The first kappa shape index (κ1) is 18.4. The maximum Gasteiger partial charge on any atom is 0.333 e. The van der Waals surface area contributed by atoms with Crippen molar-refractivity contribution in [2.24, 2.45) is 0 Å². The minimum Gasteiger partial charge on any atom is -0.428 e. The third-order valence-electron chi connectivity index (χ3n) is 4.00. The van der Waals surface area contributed by atoms with Crippen LogP contribution in [0.3, 0.4) is 0 Å². The summed E-state index contributed by atoms with van der Waals surface area (Å²) in [5.74, 6) is -1.21. The largest absolute Gasteiger partial charge is 0.428 e. The zero-order chi connectivity index (χ0) is 17.2. The van der Waals surface area contributed by atoms with E-state index in [9.17, 15) is 14.4 Å². The first-order valence-electron chi connectivity index (χ1n) is 7.76. The second-order valence-corrected chi connectivity index (χ2v) is 8.46. The molecular formula is C15H22ClNO5S. The zero-order valence-corrected chi connectivity index (χ0v) is 15.1. The Morgan fingerprint density at radius 3 is 2.65 bits per heavy atom. The molecule has 2 aliphatic rings. The van der Waals surface area contributed by atoms with E-state index in [2.05, 4.69) is 0 Å². The predicted octanol–water partition coefficient (Wildman–Crippen LogP) is 2.28. The van der Waals surface area contributed by atoms with E-state index in [1.54, 1.807) is 0 Å². The number of carbonyl (C=O) groups excluding carboxylic acids is 3. The Bertz CT molecular complexity index is 498. The number of carbonyl (C=O) groups is 3. The van der Waals surface area contributed by atoms with Gasteiger partial charge in [0.1, 0.15) is 16.8 Å². The monoisotopic (exact) mass is 363 g/mol. The van der Waals surface area contributed by atoms with Gasteiger partial charge in [-0.2, -0.15) is 0 Å². The summed E-state index contributed by atoms with van der Waals surface area (Å²) in [5, 5.41) is -0.790. The maximum absolute atomic E-state index is 12.3. The van der Waals surface area contributed by atoms with Crippen LogP contribution in [-0.4, -0.2) is 51.1 Å². The summed E-state index contributed by atoms with van der Waals surface area (Å²) in [4.78, 5) is 37.1. The molecule has 2 rings (SSSR count). The van der Waals surface area contributed by atoms with Crippen molar-refractivity contribution in [3.05, 3.63) is 0 Å². The van der Waals surface area contributed by atoms with Gasteiger partial charge in [0, 0.05) is 11.2 Å². The van der Waals surface area contributed by atoms with Gasteiger partial charge >= 0.3 is 11.9 Å². The van der Waals surface area contributed by atoms with Gasteiger partial charge in [-0.1, -0.05) is 19.8 Å². The van der Waals surface area contributed by atoms with E-state index in [0.29, 0.717) is 6.42 Å². The lowest BCUT2D eigenvalue weighted by Gasteiger charge is -2.40. The van der Waals surface area contributed by atoms with E-state index in [0.717, 1.165) is 19.3 Å². The van der Waals surface area contributed by atoms with Gasteiger partial charge in [-0.05, 0) is 20.3 Å². The summed E-state index contributed by atoms with van der Waals surface area (Å²) in [6, 6.07) is -0.709. The standard InChI is InChI=1S/C15H22ClNO5S/c1-4-5-6-7-9(18)21-8-22-14(20)11-15(2,3)23-13-10(16)12(19)17(11)13/h10-11,13H,4-8H2,1-3H3/t10-,11+,13-/m1/s1. The van der Waals surface area contributed by atoms with Gasteiger partial charge in [0.05, 0.1) is 0 Å². The van der Waals surface area contributed by atoms with Crippen molar-refractivity contribution in [3.8, 4) is 0 Å². The summed E-state index contributed by atoms with van der Waals surface area (Å²) in [6.45, 7) is 5.37. The highest BCUT2D eigenvalue weighted by atomic mass is 35.5. The maximum atomic E-state index is 12.3. The normalized spacial score (nSPS) is 28.1. The second-order valence-electron chi connectivity index (χ2n) is 6.22. The van der Waals surface area contributed by atoms with Crippen molar-refractivity contribution >= 4 is 41.2 Å². The lowest BCUT2D eigenvalue weighted by atomic mass is 9.98. The molecule has 0 saturated carbocycles. The fourth-order valence-corrected chi connectivity index (χ4v) is 4.70. The van der Waals surface area contributed by atoms with Gasteiger partial charge < -0.3 is 14.4 Å². The van der Waals surface area contributed by atoms with Gasteiger partial charge in [-0.3, -0.25) is 9.59 Å². The van der Waals surface area contributed by atoms with Crippen LogP contribution in [0.4, 0.5) is 0 Å². The SMILES string of the molecule is CCCCCC(=O)OCOC(=O)[C@@H]1N2C(=O)[C@@H](Cl)[C@H]2SC1(C)C. The van der Waals surface area contributed by atoms with E-state index in [1.807, 2.05) is 20.8 Å². The lowest BCUT2D eigenvalue weighted by Crippen LogP contribution is -2.63. The van der Waals surface area contributed by atoms with Gasteiger partial charge in [-0.25, -0.2) is 4.79 Å². The Labute approximate surface area is 145 Å². The van der Waals surface area contributed by atoms with Crippen molar-refractivity contribution in [2.45, 2.75) is 68.0 Å². The van der Waals surface area contributed by atoms with E-state index < -0.39 is 28.9 Å². The molecule has 0 unspecified atom stereocenters. The summed E-state index contributed by atoms with van der Waals surface area (Å²) in [5.41, 5.74) is 0. The fourth-order valence-electron chi connectivity index (χ4n) is 2.77. The molecule has 0 radical (unpaired) electrons. The molecule has 2 heterocycles. The molecule has 0 aromatic rings. The summed E-state index contributed by atoms with van der Waals surface area (Å²) < 4.78 is 9.45. The lowest BCUT2D eigenvalue weighted by molar-refractivity contribution is -0.175. The number of β-lactam (4-membered cyclic amide) rings is 1. The van der Waals surface area contributed by atoms with E-state index >= 15 is 0 Å². The summed E-state index contributed by atoms with van der Waals surface area (Å²) in [6.07, 6.45) is 3.05. The van der Waals surface area contributed by atoms with Crippen LogP contribution in [-0.2, 0) is 23.9 Å². The van der Waals surface area contributed by atoms with Crippen LogP contribution in [0.5, 0.6) is 0 Å². The molecule has 0 aromatic carbocycles. The number of hydrogen-bond donors (Lipinski definition) is 0. The van der Waals surface area contributed by atoms with Crippen molar-refractivity contribution in [1.29, 1.82) is 0 Å². The first-order chi connectivity index (χ1) is 10.8. The molecule has 8 heteroatoms. The minimum absolute atomic E-state index is 0.201. The van der Waals surface area contributed by atoms with Crippen LogP contribution >= 0.6 is 23.4 Å². The number of nitrogens with zero attached hydrogens (tertiary/aromatic N) is 1. The number of halogens is 1. The second kappa shape index (κ2) is 7.30. The number of hydrogen-bond acceptors (Lipinski definition) is 6. The molecule has 1 amide bonds. The number of rotatable bonds is 7. The predicted molar refractivity (Wildman–Crippen MR) is 86.9 cm³/mol. The fraction of sp³-hybridized carbons (Fsp3) is 0.800. The molecule has 0 spiro atoms. The quantitative estimate of drug-likeness (QED) is 0.227. The number of thioether (sulfide) groups is 1. The molecule has 2 fully saturated rings. The molecule has 0 bridgehead atoms. The number of amides is 1. The van der Waals surface area contributed by atoms with E-state index in [-0.39, 0.29) is 17.3 Å². The van der Waals surface area contributed by atoms with Crippen LogP contribution in [0.15, 0.2) is 0 Å². The van der Waals surface area contributed by atoms with Crippen LogP contribution in [0.1, 0.15) is 46.5 Å². The van der Waals surface area contributed by atoms with Crippen LogP contribution in [0, 0.1) is 0 Å². The summed E-state index contributed by atoms with van der Waals surface area (Å²) in [7, 11) is 0. The van der Waals surface area contributed by atoms with E-state index in [1.165, 1.54) is 16.7 Å². The molecule has 2 saturated heterocycles. The van der Waals surface area contributed by atoms with Gasteiger partial charge in [0.2, 0.25) is 12.7 Å². The highest BCUT2D eigenvalue weighted by molar-refractivity contribution is 8.01. The smallest absolute Gasteiger partial charge is 0.333 e. The molecule has 6 nitrogen and oxygen atoms in total. The van der Waals surface area contributed by atoms with E-state index in [4.69, 9.17) is 21.1 Å². The van der Waals surface area contributed by atoms with Crippen molar-refractivity contribution in [3.63, 3.8) is 0 Å². The van der Waals surface area contributed by atoms with Gasteiger partial charge in [0.25, 0.3) is 0 Å². The van der Waals surface area contributed by atoms with Crippen LogP contribution < -0.4 is 0 Å². The number of fused-ring (bicyclic) bond motifs is 1. The Morgan fingerprint density at radius 1 is 1.30 bits per heavy atom. The molecule has 130 valence electrons. The third-order valence-corrected chi connectivity index (χ3v) is 6.15. The highest BCUT2D eigenvalue weighted by Gasteiger charge is 2.63. The third kappa shape index (κ3) is 3.76. The Morgan fingerprint density at radius 2 is 2.00 bits per heavy atom. The Kier molecular flexibility index (Phi) is 5.84. The van der Waals surface area contributed by atoms with Gasteiger partial charge in [0.15, 0.2) is 0 Å². The molecule has 0 N–H and O–H groups in total. The average Bonchev–Trinajstić information content (AvgIpc) is 2.75. The molecule has 3 atom stereocenters. The molecule has 23 heavy (non-hydrogen) atoms. The minimum atomic E-state index is -0.709. The number of unbranched alkanes of at least 4 members (excludes halogenated alkanes) is 2. The van der Waals surface area contributed by atoms with Crippen molar-refractivity contribution < 1.29 is 23.9 Å². The number of esters is 2. The summed E-state index contributed by atoms with van der Waals surface area (Å²) >= 11 is 7.45. The van der Waals surface area contributed by atoms with Crippen LogP contribution in [0.2, 0.25) is 0 Å². The van der Waals surface area contributed by atoms with Gasteiger partial charge in [-0.15, -0.1) is 23.4 Å². The molecule has 2 aliphatic heterocycles. The van der Waals surface area contributed by atoms with Crippen molar-refractivity contribution in [1.82, 2.24) is 4.90 Å². The first-order valence-corrected chi connectivity index (χ1v) is 9.07. The Balaban J connectivity index is 1.81. The highest BCUT2D eigenvalue weighted by Crippen LogP contribution is 2.52. The number of ether oxygens (including phenoxy) is 2. The topological polar surface area (TPSA) is 72.9 Å². The van der Waals surface area contributed by atoms with Crippen molar-refractivity contribution in [2.75, 3.05) is 6.79 Å². The Hall–Kier alpha value is -0.950. The molecular weight excluding hydrogens is 342 g/mol.